The molecule has 0 bridgehead atoms. The highest BCUT2D eigenvalue weighted by Gasteiger charge is 2.31. The Bertz CT molecular complexity index is 1500. The van der Waals surface area contributed by atoms with Gasteiger partial charge in [0, 0.05) is 30.1 Å². The molecule has 0 saturated carbocycles. The van der Waals surface area contributed by atoms with Gasteiger partial charge >= 0.3 is 0 Å². The van der Waals surface area contributed by atoms with E-state index in [0.717, 1.165) is 39.0 Å². The van der Waals surface area contributed by atoms with Gasteiger partial charge < -0.3 is 25.5 Å². The average Bonchev–Trinajstić information content (AvgIpc) is 3.60. The molecule has 0 spiro atoms. The zero-order chi connectivity index (χ0) is 24.1. The van der Waals surface area contributed by atoms with Crippen LogP contribution in [0.15, 0.2) is 41.2 Å². The second-order valence-electron chi connectivity index (χ2n) is 9.55. The van der Waals surface area contributed by atoms with Crippen LogP contribution in [-0.4, -0.2) is 62.9 Å². The molecule has 0 unspecified atom stereocenters. The number of anilines is 1. The predicted octanol–water partition coefficient (Wildman–Crippen LogP) is 3.49. The van der Waals surface area contributed by atoms with E-state index in [1.54, 1.807) is 18.2 Å². The number of fused-ring (bicyclic) bond motifs is 2. The molecule has 2 aromatic carbocycles. The van der Waals surface area contributed by atoms with Crippen molar-refractivity contribution in [3.05, 3.63) is 58.1 Å². The standard InChI is InChI=1S/C26H27FN6O2/c27-16-6-8-19-18(13-16)23(28)22(25(34)31-19)24-29-20-7-5-15(12-21(20)30-24)26(35)33-11-3-4-17(33)14-32-9-1-2-10-32/h5-8,12-13,17H,1-4,9-11,14H2,(H,29,30)(H3,28,31,34)/t17-/m1/s1. The molecular formula is C26H27FN6O2. The molecule has 2 aromatic heterocycles. The summed E-state index contributed by atoms with van der Waals surface area (Å²) in [7, 11) is 0. The van der Waals surface area contributed by atoms with Gasteiger partial charge in [0.15, 0.2) is 0 Å². The zero-order valence-electron chi connectivity index (χ0n) is 19.3. The van der Waals surface area contributed by atoms with Gasteiger partial charge in [-0.3, -0.25) is 9.59 Å². The number of aromatic amines is 2. The summed E-state index contributed by atoms with van der Waals surface area (Å²) in [5, 5.41) is 0.411. The second kappa shape index (κ2) is 8.49. The summed E-state index contributed by atoms with van der Waals surface area (Å²) < 4.78 is 13.8. The van der Waals surface area contributed by atoms with Gasteiger partial charge in [0.25, 0.3) is 11.5 Å². The predicted molar refractivity (Wildman–Crippen MR) is 134 cm³/mol. The first-order valence-electron chi connectivity index (χ1n) is 12.1. The number of nitrogens with zero attached hydrogens (tertiary/aromatic N) is 3. The van der Waals surface area contributed by atoms with Crippen molar-refractivity contribution in [2.24, 2.45) is 0 Å². The van der Waals surface area contributed by atoms with Gasteiger partial charge in [-0.25, -0.2) is 9.37 Å². The van der Waals surface area contributed by atoms with Gasteiger partial charge in [-0.15, -0.1) is 0 Å². The minimum atomic E-state index is -0.445. The molecule has 2 saturated heterocycles. The highest BCUT2D eigenvalue weighted by Crippen LogP contribution is 2.29. The van der Waals surface area contributed by atoms with Crippen LogP contribution in [0.2, 0.25) is 0 Å². The Hall–Kier alpha value is -3.72. The molecule has 4 heterocycles. The van der Waals surface area contributed by atoms with E-state index >= 15 is 0 Å². The molecule has 4 aromatic rings. The Balaban J connectivity index is 1.33. The summed E-state index contributed by atoms with van der Waals surface area (Å²) in [4.78, 5) is 41.1. The third kappa shape index (κ3) is 3.85. The molecule has 1 amide bonds. The van der Waals surface area contributed by atoms with E-state index in [4.69, 9.17) is 5.73 Å². The van der Waals surface area contributed by atoms with Crippen LogP contribution >= 0.6 is 0 Å². The maximum absolute atomic E-state index is 13.8. The van der Waals surface area contributed by atoms with Crippen LogP contribution in [0, 0.1) is 5.82 Å². The summed E-state index contributed by atoms with van der Waals surface area (Å²) >= 11 is 0. The number of likely N-dealkylation sites (tertiary alicyclic amines) is 2. The first kappa shape index (κ1) is 21.8. The Morgan fingerprint density at radius 3 is 2.71 bits per heavy atom. The number of H-pyrrole nitrogens is 2. The van der Waals surface area contributed by atoms with E-state index in [1.807, 2.05) is 4.90 Å². The molecule has 2 aliphatic rings. The molecular weight excluding hydrogens is 447 g/mol. The zero-order valence-corrected chi connectivity index (χ0v) is 19.3. The normalized spacial score (nSPS) is 18.8. The number of halogens is 1. The fraction of sp³-hybridized carbons (Fsp3) is 0.346. The number of nitrogens with one attached hydrogen (secondary N) is 2. The molecule has 0 aliphatic carbocycles. The van der Waals surface area contributed by atoms with Crippen LogP contribution in [0.25, 0.3) is 33.3 Å². The molecule has 8 nitrogen and oxygen atoms in total. The topological polar surface area (TPSA) is 111 Å². The molecule has 35 heavy (non-hydrogen) atoms. The van der Waals surface area contributed by atoms with Gasteiger partial charge in [0.1, 0.15) is 17.2 Å². The first-order valence-corrected chi connectivity index (χ1v) is 12.1. The van der Waals surface area contributed by atoms with Crippen LogP contribution in [-0.2, 0) is 0 Å². The third-order valence-electron chi connectivity index (χ3n) is 7.29. The Kier molecular flexibility index (Phi) is 5.29. The summed E-state index contributed by atoms with van der Waals surface area (Å²) in [6, 6.07) is 9.63. The van der Waals surface area contributed by atoms with E-state index in [9.17, 15) is 14.0 Å². The van der Waals surface area contributed by atoms with Crippen LogP contribution in [0.4, 0.5) is 10.1 Å². The van der Waals surface area contributed by atoms with Gasteiger partial charge in [0.2, 0.25) is 0 Å². The number of pyridine rings is 1. The van der Waals surface area contributed by atoms with Gasteiger partial charge in [-0.1, -0.05) is 0 Å². The smallest absolute Gasteiger partial charge is 0.261 e. The fourth-order valence-corrected chi connectivity index (χ4v) is 5.51. The van der Waals surface area contributed by atoms with Crippen molar-refractivity contribution < 1.29 is 9.18 Å². The lowest BCUT2D eigenvalue weighted by Crippen LogP contribution is -2.42. The van der Waals surface area contributed by atoms with Crippen LogP contribution in [0.1, 0.15) is 36.0 Å². The minimum absolute atomic E-state index is 0.0169. The Labute approximate surface area is 200 Å². The summed E-state index contributed by atoms with van der Waals surface area (Å²) in [6.45, 7) is 3.94. The van der Waals surface area contributed by atoms with Crippen LogP contribution < -0.4 is 11.3 Å². The van der Waals surface area contributed by atoms with Crippen molar-refractivity contribution in [2.75, 3.05) is 31.9 Å². The summed E-state index contributed by atoms with van der Waals surface area (Å²) in [5.74, 6) is -0.147. The number of nitrogen functional groups attached to an aromatic ring is 1. The fourth-order valence-electron chi connectivity index (χ4n) is 5.51. The Morgan fingerprint density at radius 1 is 1.06 bits per heavy atom. The van der Waals surface area contributed by atoms with E-state index in [-0.39, 0.29) is 29.0 Å². The molecule has 1 atom stereocenters. The number of nitrogens with two attached hydrogens (primary N) is 1. The third-order valence-corrected chi connectivity index (χ3v) is 7.29. The first-order chi connectivity index (χ1) is 17.0. The van der Waals surface area contributed by atoms with Crippen molar-refractivity contribution in [1.82, 2.24) is 24.8 Å². The number of aromatic nitrogens is 3. The van der Waals surface area contributed by atoms with Gasteiger partial charge in [-0.05, 0) is 75.2 Å². The Morgan fingerprint density at radius 2 is 1.89 bits per heavy atom. The van der Waals surface area contributed by atoms with Crippen molar-refractivity contribution in [3.63, 3.8) is 0 Å². The van der Waals surface area contributed by atoms with E-state index < -0.39 is 11.4 Å². The number of benzene rings is 2. The SMILES string of the molecule is Nc1c(-c2nc3ccc(C(=O)N4CCC[C@@H]4CN4CCCC4)cc3[nH]2)c(=O)[nH]c2ccc(F)cc12. The van der Waals surface area contributed by atoms with Crippen LogP contribution in [0.5, 0.6) is 0 Å². The number of hydrogen-bond donors (Lipinski definition) is 3. The largest absolute Gasteiger partial charge is 0.397 e. The molecule has 4 N–H and O–H groups in total. The van der Waals surface area contributed by atoms with E-state index in [2.05, 4.69) is 19.9 Å². The number of imidazole rings is 1. The van der Waals surface area contributed by atoms with E-state index in [0.29, 0.717) is 27.5 Å². The molecule has 180 valence electrons. The highest BCUT2D eigenvalue weighted by molar-refractivity contribution is 6.00. The van der Waals surface area contributed by atoms with Gasteiger partial charge in [-0.2, -0.15) is 0 Å². The lowest BCUT2D eigenvalue weighted by Gasteiger charge is -2.28. The molecule has 9 heteroatoms. The van der Waals surface area contributed by atoms with Crippen LogP contribution in [0.3, 0.4) is 0 Å². The maximum Gasteiger partial charge on any atom is 0.261 e. The van der Waals surface area contributed by atoms with Crippen molar-refractivity contribution >= 4 is 33.5 Å². The number of rotatable bonds is 4. The quantitative estimate of drug-likeness (QED) is 0.419. The summed E-state index contributed by atoms with van der Waals surface area (Å²) in [6.07, 6.45) is 4.52. The second-order valence-corrected chi connectivity index (χ2v) is 9.55. The summed E-state index contributed by atoms with van der Waals surface area (Å²) in [5.41, 5.74) is 8.45. The van der Waals surface area contributed by atoms with Gasteiger partial charge in [0.05, 0.1) is 22.2 Å². The minimum Gasteiger partial charge on any atom is -0.397 e. The monoisotopic (exact) mass is 474 g/mol. The van der Waals surface area contributed by atoms with Crippen molar-refractivity contribution in [2.45, 2.75) is 31.7 Å². The molecule has 2 aliphatic heterocycles. The molecule has 0 radical (unpaired) electrons. The average molecular weight is 475 g/mol. The number of carbonyl (C=O) groups is 1. The lowest BCUT2D eigenvalue weighted by atomic mass is 10.1. The lowest BCUT2D eigenvalue weighted by molar-refractivity contribution is 0.0709. The molecule has 2 fully saturated rings. The maximum atomic E-state index is 13.8. The highest BCUT2D eigenvalue weighted by atomic mass is 19.1. The van der Waals surface area contributed by atoms with Crippen molar-refractivity contribution in [1.29, 1.82) is 0 Å². The molecule has 6 rings (SSSR count). The number of amides is 1. The van der Waals surface area contributed by atoms with Crippen molar-refractivity contribution in [3.8, 4) is 11.4 Å². The number of hydrogen-bond acceptors (Lipinski definition) is 5. The number of carbonyl (C=O) groups excluding carboxylic acids is 1. The van der Waals surface area contributed by atoms with E-state index in [1.165, 1.54) is 31.0 Å².